The minimum atomic E-state index is 0.605. The van der Waals surface area contributed by atoms with Gasteiger partial charge in [0.15, 0.2) is 5.65 Å². The molecule has 28 heavy (non-hydrogen) atoms. The second-order valence-electron chi connectivity index (χ2n) is 8.17. The highest BCUT2D eigenvalue weighted by Crippen LogP contribution is 2.33. The number of pyridine rings is 1. The lowest BCUT2D eigenvalue weighted by atomic mass is 9.83. The first-order chi connectivity index (χ1) is 13.8. The lowest BCUT2D eigenvalue weighted by molar-refractivity contribution is 0.308. The van der Waals surface area contributed by atoms with Gasteiger partial charge in [-0.25, -0.2) is 0 Å². The van der Waals surface area contributed by atoms with Crippen LogP contribution in [0.2, 0.25) is 0 Å². The normalized spacial score (nSPS) is 18.2. The fourth-order valence-corrected chi connectivity index (χ4v) is 4.64. The number of rotatable bonds is 4. The summed E-state index contributed by atoms with van der Waals surface area (Å²) in [6, 6.07) is 15.3. The Balaban J connectivity index is 1.38. The van der Waals surface area contributed by atoms with Crippen molar-refractivity contribution >= 4 is 11.3 Å². The maximum atomic E-state index is 9.87. The summed E-state index contributed by atoms with van der Waals surface area (Å²) in [6.45, 7) is 1.93. The number of hydrogen-bond donors (Lipinski definition) is 0. The Kier molecular flexibility index (Phi) is 4.48. The Morgan fingerprint density at radius 1 is 1.00 bits per heavy atom. The van der Waals surface area contributed by atoms with E-state index in [1.54, 1.807) is 0 Å². The van der Waals surface area contributed by atoms with Gasteiger partial charge in [-0.3, -0.25) is 4.40 Å². The second kappa shape index (κ2) is 7.27. The highest BCUT2D eigenvalue weighted by atomic mass is 15.3. The first-order valence-electron chi connectivity index (χ1n) is 10.4. The van der Waals surface area contributed by atoms with Crippen molar-refractivity contribution in [3.8, 4) is 6.07 Å². The number of aromatic nitrogens is 3. The van der Waals surface area contributed by atoms with Crippen molar-refractivity contribution in [1.29, 1.82) is 5.26 Å². The Morgan fingerprint density at radius 3 is 2.46 bits per heavy atom. The Hall–Kier alpha value is -2.87. The number of nitriles is 1. The SMILES string of the molecule is N#Cc1c(N2CCC(c3ccccc3)CC2)ccn2c(CC3CCC3)nnc12. The van der Waals surface area contributed by atoms with Crippen molar-refractivity contribution in [2.24, 2.45) is 5.92 Å². The van der Waals surface area contributed by atoms with E-state index in [9.17, 15) is 5.26 Å². The van der Waals surface area contributed by atoms with E-state index in [1.165, 1.54) is 24.8 Å². The fraction of sp³-hybridized carbons (Fsp3) is 0.435. The second-order valence-corrected chi connectivity index (χ2v) is 8.17. The van der Waals surface area contributed by atoms with Crippen molar-refractivity contribution in [1.82, 2.24) is 14.6 Å². The Morgan fingerprint density at radius 2 is 1.79 bits per heavy atom. The summed E-state index contributed by atoms with van der Waals surface area (Å²) in [6.07, 6.45) is 9.15. The standard InChI is InChI=1S/C23H25N5/c24-16-20-21(27-12-9-19(10-13-27)18-7-2-1-3-8-18)11-14-28-22(25-26-23(20)28)15-17-5-4-6-17/h1-3,7-8,11,14,17,19H,4-6,9-10,12-13,15H2. The maximum absolute atomic E-state index is 9.87. The molecule has 1 saturated heterocycles. The Bertz CT molecular complexity index is 1000. The molecule has 0 unspecified atom stereocenters. The number of benzene rings is 1. The van der Waals surface area contributed by atoms with Gasteiger partial charge in [0.2, 0.25) is 0 Å². The van der Waals surface area contributed by atoms with Gasteiger partial charge in [0.25, 0.3) is 0 Å². The van der Waals surface area contributed by atoms with Crippen LogP contribution in [0, 0.1) is 17.2 Å². The van der Waals surface area contributed by atoms with Crippen molar-refractivity contribution in [3.63, 3.8) is 0 Å². The number of anilines is 1. The molecule has 2 fully saturated rings. The molecule has 1 aliphatic heterocycles. The molecule has 142 valence electrons. The molecule has 1 saturated carbocycles. The predicted molar refractivity (Wildman–Crippen MR) is 109 cm³/mol. The lowest BCUT2D eigenvalue weighted by Crippen LogP contribution is -2.33. The molecule has 3 aromatic rings. The van der Waals surface area contributed by atoms with Crippen LogP contribution in [0.5, 0.6) is 0 Å². The third kappa shape index (κ3) is 3.03. The van der Waals surface area contributed by atoms with E-state index >= 15 is 0 Å². The lowest BCUT2D eigenvalue weighted by Gasteiger charge is -2.34. The summed E-state index contributed by atoms with van der Waals surface area (Å²) in [5, 5.41) is 18.7. The molecule has 0 atom stereocenters. The third-order valence-electron chi connectivity index (χ3n) is 6.54. The third-order valence-corrected chi connectivity index (χ3v) is 6.54. The zero-order valence-electron chi connectivity index (χ0n) is 16.1. The van der Waals surface area contributed by atoms with Gasteiger partial charge in [-0.05, 0) is 36.3 Å². The molecule has 2 aliphatic rings. The largest absolute Gasteiger partial charge is 0.370 e. The first-order valence-corrected chi connectivity index (χ1v) is 10.4. The van der Waals surface area contributed by atoms with E-state index in [4.69, 9.17) is 0 Å². The van der Waals surface area contributed by atoms with Crippen molar-refractivity contribution in [3.05, 3.63) is 59.5 Å². The van der Waals surface area contributed by atoms with Gasteiger partial charge >= 0.3 is 0 Å². The summed E-state index contributed by atoms with van der Waals surface area (Å²) in [5.74, 6) is 2.33. The maximum Gasteiger partial charge on any atom is 0.180 e. The number of piperidine rings is 1. The average molecular weight is 371 g/mol. The van der Waals surface area contributed by atoms with E-state index < -0.39 is 0 Å². The highest BCUT2D eigenvalue weighted by Gasteiger charge is 2.25. The summed E-state index contributed by atoms with van der Waals surface area (Å²) in [7, 11) is 0. The van der Waals surface area contributed by atoms with Gasteiger partial charge in [-0.15, -0.1) is 10.2 Å². The van der Waals surface area contributed by atoms with Crippen LogP contribution in [-0.2, 0) is 6.42 Å². The molecule has 0 amide bonds. The number of fused-ring (bicyclic) bond motifs is 1. The molecule has 0 bridgehead atoms. The van der Waals surface area contributed by atoms with Gasteiger partial charge in [-0.1, -0.05) is 49.6 Å². The van der Waals surface area contributed by atoms with Gasteiger partial charge in [0.1, 0.15) is 17.5 Å². The Labute approximate surface area is 165 Å². The number of hydrogen-bond acceptors (Lipinski definition) is 4. The van der Waals surface area contributed by atoms with Gasteiger partial charge in [0, 0.05) is 25.7 Å². The monoisotopic (exact) mass is 371 g/mol. The molecule has 5 heteroatoms. The van der Waals surface area contributed by atoms with E-state index in [1.807, 2.05) is 4.40 Å². The van der Waals surface area contributed by atoms with E-state index in [2.05, 4.69) is 63.8 Å². The van der Waals surface area contributed by atoms with Gasteiger partial charge in [-0.2, -0.15) is 5.26 Å². The molecule has 5 rings (SSSR count). The molecule has 1 aromatic carbocycles. The predicted octanol–water partition coefficient (Wildman–Crippen LogP) is 4.33. The summed E-state index contributed by atoms with van der Waals surface area (Å²) < 4.78 is 2.02. The van der Waals surface area contributed by atoms with E-state index in [-0.39, 0.29) is 0 Å². The van der Waals surface area contributed by atoms with Crippen LogP contribution >= 0.6 is 0 Å². The van der Waals surface area contributed by atoms with Gasteiger partial charge in [0.05, 0.1) is 5.69 Å². The van der Waals surface area contributed by atoms with E-state index in [0.29, 0.717) is 17.1 Å². The molecule has 2 aromatic heterocycles. The molecule has 0 radical (unpaired) electrons. The summed E-state index contributed by atoms with van der Waals surface area (Å²) in [5.41, 5.74) is 3.80. The van der Waals surface area contributed by atoms with Crippen LogP contribution in [0.3, 0.4) is 0 Å². The van der Waals surface area contributed by atoms with Crippen LogP contribution in [-0.4, -0.2) is 27.7 Å². The smallest absolute Gasteiger partial charge is 0.180 e. The van der Waals surface area contributed by atoms with E-state index in [0.717, 1.165) is 49.8 Å². The molecule has 1 aliphatic carbocycles. The molecule has 0 spiro atoms. The minimum absolute atomic E-state index is 0.605. The summed E-state index contributed by atoms with van der Waals surface area (Å²) >= 11 is 0. The highest BCUT2D eigenvalue weighted by molar-refractivity contribution is 5.71. The zero-order chi connectivity index (χ0) is 18.9. The van der Waals surface area contributed by atoms with Crippen molar-refractivity contribution < 1.29 is 0 Å². The molecule has 5 nitrogen and oxygen atoms in total. The quantitative estimate of drug-likeness (QED) is 0.685. The first kappa shape index (κ1) is 17.2. The van der Waals surface area contributed by atoms with Crippen molar-refractivity contribution in [2.75, 3.05) is 18.0 Å². The molecule has 3 heterocycles. The average Bonchev–Trinajstić information content (AvgIpc) is 3.14. The van der Waals surface area contributed by atoms with Crippen LogP contribution in [0.25, 0.3) is 5.65 Å². The topological polar surface area (TPSA) is 57.2 Å². The zero-order valence-corrected chi connectivity index (χ0v) is 16.1. The minimum Gasteiger partial charge on any atom is -0.370 e. The number of nitrogens with zero attached hydrogens (tertiary/aromatic N) is 5. The van der Waals surface area contributed by atoms with Crippen LogP contribution < -0.4 is 4.90 Å². The van der Waals surface area contributed by atoms with Crippen LogP contribution in [0.4, 0.5) is 5.69 Å². The molecular weight excluding hydrogens is 346 g/mol. The van der Waals surface area contributed by atoms with Crippen molar-refractivity contribution in [2.45, 2.75) is 44.4 Å². The molecule has 0 N–H and O–H groups in total. The van der Waals surface area contributed by atoms with Crippen LogP contribution in [0.15, 0.2) is 42.6 Å². The fourth-order valence-electron chi connectivity index (χ4n) is 4.64. The molecular formula is C23H25N5. The summed E-state index contributed by atoms with van der Waals surface area (Å²) in [4.78, 5) is 2.35. The van der Waals surface area contributed by atoms with Gasteiger partial charge < -0.3 is 4.90 Å². The van der Waals surface area contributed by atoms with Crippen LogP contribution in [0.1, 0.15) is 55.0 Å².